The first kappa shape index (κ1) is 12.4. The lowest BCUT2D eigenvalue weighted by atomic mass is 9.98. The van der Waals surface area contributed by atoms with E-state index >= 15 is 0 Å². The van der Waals surface area contributed by atoms with Gasteiger partial charge >= 0.3 is 0 Å². The van der Waals surface area contributed by atoms with Gasteiger partial charge in [0.1, 0.15) is 17.6 Å². The van der Waals surface area contributed by atoms with Crippen LogP contribution in [0.5, 0.6) is 11.5 Å². The van der Waals surface area contributed by atoms with Crippen molar-refractivity contribution in [1.82, 2.24) is 0 Å². The van der Waals surface area contributed by atoms with Crippen LogP contribution < -0.4 is 0 Å². The van der Waals surface area contributed by atoms with Crippen LogP contribution in [0.25, 0.3) is 0 Å². The van der Waals surface area contributed by atoms with Crippen molar-refractivity contribution in [2.45, 2.75) is 12.7 Å². The van der Waals surface area contributed by atoms with Gasteiger partial charge in [0, 0.05) is 23.8 Å². The van der Waals surface area contributed by atoms with Crippen LogP contribution in [0.15, 0.2) is 36.4 Å². The molecule has 2 N–H and O–H groups in total. The van der Waals surface area contributed by atoms with E-state index in [1.54, 1.807) is 12.1 Å². The molecule has 1 aliphatic rings. The Labute approximate surface area is 114 Å². The Kier molecular flexibility index (Phi) is 2.80. The first-order valence-corrected chi connectivity index (χ1v) is 5.97. The van der Waals surface area contributed by atoms with E-state index in [0.29, 0.717) is 16.7 Å². The molecule has 1 atom stereocenters. The van der Waals surface area contributed by atoms with E-state index in [9.17, 15) is 20.3 Å². The van der Waals surface area contributed by atoms with Crippen LogP contribution in [0.1, 0.15) is 22.8 Å². The lowest BCUT2D eigenvalue weighted by Gasteiger charge is -2.12. The Morgan fingerprint density at radius 2 is 2.05 bits per heavy atom. The highest BCUT2D eigenvalue weighted by Gasteiger charge is 2.29. The predicted octanol–water partition coefficient (Wildman–Crippen LogP) is 2.63. The molecule has 6 nitrogen and oxygen atoms in total. The van der Waals surface area contributed by atoms with E-state index in [1.165, 1.54) is 24.3 Å². The van der Waals surface area contributed by atoms with Gasteiger partial charge in [-0.1, -0.05) is 12.1 Å². The molecule has 0 saturated heterocycles. The van der Waals surface area contributed by atoms with Gasteiger partial charge in [-0.3, -0.25) is 10.1 Å². The fourth-order valence-corrected chi connectivity index (χ4v) is 2.42. The number of rotatable bonds is 2. The van der Waals surface area contributed by atoms with Gasteiger partial charge in [-0.2, -0.15) is 0 Å². The molecular formula is C14H11NO5. The molecule has 102 valence electrons. The highest BCUT2D eigenvalue weighted by Crippen LogP contribution is 2.43. The Morgan fingerprint density at radius 1 is 1.25 bits per heavy atom. The number of phenolic OH excluding ortho intramolecular Hbond substituents is 2. The van der Waals surface area contributed by atoms with Gasteiger partial charge in [0.25, 0.3) is 5.69 Å². The van der Waals surface area contributed by atoms with Crippen molar-refractivity contribution in [3.05, 3.63) is 63.2 Å². The zero-order valence-electron chi connectivity index (χ0n) is 10.3. The van der Waals surface area contributed by atoms with Crippen LogP contribution in [0.4, 0.5) is 5.69 Å². The molecule has 3 rings (SSSR count). The molecule has 0 fully saturated rings. The van der Waals surface area contributed by atoms with E-state index in [4.69, 9.17) is 4.74 Å². The van der Waals surface area contributed by atoms with E-state index < -0.39 is 11.0 Å². The topological polar surface area (TPSA) is 92.8 Å². The molecule has 0 aliphatic carbocycles. The zero-order valence-corrected chi connectivity index (χ0v) is 10.3. The van der Waals surface area contributed by atoms with Gasteiger partial charge in [0.2, 0.25) is 0 Å². The first-order valence-electron chi connectivity index (χ1n) is 5.97. The number of ether oxygens (including phenoxy) is 1. The fraction of sp³-hybridized carbons (Fsp3) is 0.143. The van der Waals surface area contributed by atoms with Crippen LogP contribution in [0.3, 0.4) is 0 Å². The minimum atomic E-state index is -0.564. The number of benzene rings is 2. The molecule has 1 unspecified atom stereocenters. The SMILES string of the molecule is O=[N+]([O-])c1cccc(C2OCc3cc(O)cc(O)c32)c1. The molecule has 1 aliphatic heterocycles. The standard InChI is InChI=1S/C14H11NO5/c16-11-5-9-7-20-14(13(9)12(17)6-11)8-2-1-3-10(4-8)15(18)19/h1-6,14,16-17H,7H2. The van der Waals surface area contributed by atoms with Crippen LogP contribution in [0, 0.1) is 10.1 Å². The van der Waals surface area contributed by atoms with Crippen molar-refractivity contribution in [3.8, 4) is 11.5 Å². The van der Waals surface area contributed by atoms with Gasteiger partial charge in [-0.15, -0.1) is 0 Å². The number of nitro groups is 1. The van der Waals surface area contributed by atoms with Gasteiger partial charge < -0.3 is 14.9 Å². The second kappa shape index (κ2) is 4.50. The van der Waals surface area contributed by atoms with Crippen molar-refractivity contribution < 1.29 is 19.9 Å². The molecule has 0 amide bonds. The van der Waals surface area contributed by atoms with Gasteiger partial charge in [-0.05, 0) is 17.2 Å². The third kappa shape index (κ3) is 1.96. The van der Waals surface area contributed by atoms with E-state index in [0.717, 1.165) is 0 Å². The van der Waals surface area contributed by atoms with Crippen LogP contribution in [0.2, 0.25) is 0 Å². The van der Waals surface area contributed by atoms with Crippen LogP contribution >= 0.6 is 0 Å². The molecule has 0 saturated carbocycles. The summed E-state index contributed by atoms with van der Waals surface area (Å²) < 4.78 is 5.59. The predicted molar refractivity (Wildman–Crippen MR) is 69.5 cm³/mol. The summed E-state index contributed by atoms with van der Waals surface area (Å²) in [6, 6.07) is 8.86. The van der Waals surface area contributed by atoms with Gasteiger partial charge in [0.05, 0.1) is 11.5 Å². The molecule has 6 heteroatoms. The number of phenols is 2. The number of hydrogen-bond acceptors (Lipinski definition) is 5. The Balaban J connectivity index is 2.07. The summed E-state index contributed by atoms with van der Waals surface area (Å²) in [4.78, 5) is 10.3. The maximum absolute atomic E-state index is 10.8. The zero-order chi connectivity index (χ0) is 14.3. The molecule has 1 heterocycles. The first-order chi connectivity index (χ1) is 9.56. The average Bonchev–Trinajstić information content (AvgIpc) is 2.82. The minimum Gasteiger partial charge on any atom is -0.508 e. The molecule has 2 aromatic rings. The van der Waals surface area contributed by atoms with Crippen LogP contribution in [-0.4, -0.2) is 15.1 Å². The van der Waals surface area contributed by atoms with Crippen molar-refractivity contribution in [2.24, 2.45) is 0 Å². The largest absolute Gasteiger partial charge is 0.508 e. The number of aromatic hydroxyl groups is 2. The van der Waals surface area contributed by atoms with Gasteiger partial charge in [0.15, 0.2) is 0 Å². The minimum absolute atomic E-state index is 0.0298. The Morgan fingerprint density at radius 3 is 2.80 bits per heavy atom. The van der Waals surface area contributed by atoms with Crippen molar-refractivity contribution in [1.29, 1.82) is 0 Å². The summed E-state index contributed by atoms with van der Waals surface area (Å²) >= 11 is 0. The highest BCUT2D eigenvalue weighted by molar-refractivity contribution is 5.52. The summed E-state index contributed by atoms with van der Waals surface area (Å²) in [6.07, 6.45) is -0.564. The van der Waals surface area contributed by atoms with Gasteiger partial charge in [-0.25, -0.2) is 0 Å². The number of non-ortho nitro benzene ring substituents is 1. The number of nitrogens with zero attached hydrogens (tertiary/aromatic N) is 1. The molecule has 0 bridgehead atoms. The maximum atomic E-state index is 10.8. The molecular weight excluding hydrogens is 262 g/mol. The van der Waals surface area contributed by atoms with E-state index in [1.807, 2.05) is 0 Å². The third-order valence-electron chi connectivity index (χ3n) is 3.28. The summed E-state index contributed by atoms with van der Waals surface area (Å²) in [5.74, 6) is -0.112. The van der Waals surface area contributed by atoms with E-state index in [-0.39, 0.29) is 23.8 Å². The molecule has 0 aromatic heterocycles. The number of hydrogen-bond donors (Lipinski definition) is 2. The second-order valence-corrected chi connectivity index (χ2v) is 4.58. The lowest BCUT2D eigenvalue weighted by Crippen LogP contribution is -2.00. The van der Waals surface area contributed by atoms with Crippen LogP contribution in [-0.2, 0) is 11.3 Å². The van der Waals surface area contributed by atoms with E-state index in [2.05, 4.69) is 0 Å². The normalized spacial score (nSPS) is 16.9. The molecule has 2 aromatic carbocycles. The Bertz CT molecular complexity index is 698. The smallest absolute Gasteiger partial charge is 0.269 e. The van der Waals surface area contributed by atoms with Crippen molar-refractivity contribution >= 4 is 5.69 Å². The molecule has 0 spiro atoms. The maximum Gasteiger partial charge on any atom is 0.269 e. The quantitative estimate of drug-likeness (QED) is 0.648. The average molecular weight is 273 g/mol. The fourth-order valence-electron chi connectivity index (χ4n) is 2.42. The number of nitro benzene ring substituents is 1. The monoisotopic (exact) mass is 273 g/mol. The molecule has 0 radical (unpaired) electrons. The second-order valence-electron chi connectivity index (χ2n) is 4.58. The third-order valence-corrected chi connectivity index (χ3v) is 3.28. The summed E-state index contributed by atoms with van der Waals surface area (Å²) in [6.45, 7) is 0.241. The van der Waals surface area contributed by atoms with Crippen molar-refractivity contribution in [3.63, 3.8) is 0 Å². The Hall–Kier alpha value is -2.60. The molecule has 20 heavy (non-hydrogen) atoms. The number of fused-ring (bicyclic) bond motifs is 1. The van der Waals surface area contributed by atoms with Crippen molar-refractivity contribution in [2.75, 3.05) is 0 Å². The summed E-state index contributed by atoms with van der Waals surface area (Å²) in [7, 11) is 0. The lowest BCUT2D eigenvalue weighted by molar-refractivity contribution is -0.385. The highest BCUT2D eigenvalue weighted by atomic mass is 16.6. The summed E-state index contributed by atoms with van der Waals surface area (Å²) in [5.41, 5.74) is 1.79. The summed E-state index contributed by atoms with van der Waals surface area (Å²) in [5, 5.41) is 30.2.